The number of amides is 2. The Bertz CT molecular complexity index is 1030. The molecule has 1 heterocycles. The first-order valence-corrected chi connectivity index (χ1v) is 10.4. The van der Waals surface area contributed by atoms with Crippen molar-refractivity contribution < 1.29 is 18.7 Å². The average molecular weight is 414 g/mol. The molecule has 3 atom stereocenters. The Labute approximate surface area is 171 Å². The van der Waals surface area contributed by atoms with E-state index in [1.807, 2.05) is 0 Å². The van der Waals surface area contributed by atoms with Crippen LogP contribution in [-0.4, -0.2) is 28.1 Å². The van der Waals surface area contributed by atoms with E-state index < -0.39 is 5.50 Å². The molecule has 1 fully saturated rings. The highest BCUT2D eigenvalue weighted by Crippen LogP contribution is 2.45. The Morgan fingerprint density at radius 3 is 2.83 bits per heavy atom. The molecule has 1 unspecified atom stereocenters. The number of thioether (sulfide) groups is 1. The molecule has 8 heteroatoms. The lowest BCUT2D eigenvalue weighted by Crippen LogP contribution is -2.45. The molecule has 0 aromatic heterocycles. The number of nitrogens with zero attached hydrogens (tertiary/aromatic N) is 1. The van der Waals surface area contributed by atoms with Crippen LogP contribution in [0.1, 0.15) is 25.7 Å². The summed E-state index contributed by atoms with van der Waals surface area (Å²) in [5, 5.41) is 7.19. The van der Waals surface area contributed by atoms with Crippen molar-refractivity contribution in [3.05, 3.63) is 53.7 Å². The van der Waals surface area contributed by atoms with Gasteiger partial charge in [0.05, 0.1) is 9.66 Å². The number of carbonyl (C=O) groups excluding carboxylic acids is 2. The van der Waals surface area contributed by atoms with Crippen molar-refractivity contribution in [1.29, 1.82) is 0 Å². The van der Waals surface area contributed by atoms with E-state index in [1.165, 1.54) is 30.0 Å². The van der Waals surface area contributed by atoms with Gasteiger partial charge in [-0.15, -0.1) is 0 Å². The molecular formula is C21H21FN3O3S+. The SMILES string of the molecule is C=CC(=O)N[C@H]1CCC[C@@H](C(=O)NC2Sc3c(ccc4cc(F)ccc34)[N+]2=O)C1. The van der Waals surface area contributed by atoms with Gasteiger partial charge in [0.25, 0.3) is 5.69 Å². The van der Waals surface area contributed by atoms with Crippen molar-refractivity contribution >= 4 is 40.0 Å². The zero-order valence-electron chi connectivity index (χ0n) is 15.7. The first kappa shape index (κ1) is 19.6. The fourth-order valence-corrected chi connectivity index (χ4v) is 5.19. The highest BCUT2D eigenvalue weighted by atomic mass is 32.2. The summed E-state index contributed by atoms with van der Waals surface area (Å²) in [6.45, 7) is 3.45. The second-order valence-corrected chi connectivity index (χ2v) is 8.45. The van der Waals surface area contributed by atoms with Gasteiger partial charge in [0.1, 0.15) is 5.82 Å². The topological polar surface area (TPSA) is 78.3 Å². The summed E-state index contributed by atoms with van der Waals surface area (Å²) in [5.41, 5.74) is -0.296. The third-order valence-electron chi connectivity index (χ3n) is 5.43. The van der Waals surface area contributed by atoms with E-state index in [4.69, 9.17) is 0 Å². The molecule has 29 heavy (non-hydrogen) atoms. The molecule has 2 N–H and O–H groups in total. The maximum absolute atomic E-state index is 13.5. The van der Waals surface area contributed by atoms with Gasteiger partial charge in [0.15, 0.2) is 0 Å². The fraction of sp³-hybridized carbons (Fsp3) is 0.333. The number of rotatable bonds is 4. The Morgan fingerprint density at radius 1 is 1.21 bits per heavy atom. The molecule has 2 amide bonds. The van der Waals surface area contributed by atoms with Gasteiger partial charge in [-0.25, -0.2) is 4.39 Å². The predicted octanol–water partition coefficient (Wildman–Crippen LogP) is 3.76. The largest absolute Gasteiger partial charge is 0.350 e. The molecule has 2 aromatic carbocycles. The van der Waals surface area contributed by atoms with E-state index >= 15 is 0 Å². The van der Waals surface area contributed by atoms with Crippen LogP contribution in [-0.2, 0) is 9.59 Å². The second-order valence-electron chi connectivity index (χ2n) is 7.36. The number of halogens is 1. The van der Waals surface area contributed by atoms with E-state index in [9.17, 15) is 18.9 Å². The highest BCUT2D eigenvalue weighted by Gasteiger charge is 2.43. The molecule has 6 nitrogen and oxygen atoms in total. The minimum Gasteiger partial charge on any atom is -0.350 e. The smallest absolute Gasteiger partial charge is 0.335 e. The average Bonchev–Trinajstić information content (AvgIpc) is 3.03. The van der Waals surface area contributed by atoms with Gasteiger partial charge in [-0.3, -0.25) is 14.9 Å². The minimum atomic E-state index is -0.767. The summed E-state index contributed by atoms with van der Waals surface area (Å²) in [7, 11) is 0. The second kappa shape index (κ2) is 7.94. The van der Waals surface area contributed by atoms with Crippen LogP contribution in [0.25, 0.3) is 10.8 Å². The number of fused-ring (bicyclic) bond motifs is 3. The summed E-state index contributed by atoms with van der Waals surface area (Å²) < 4.78 is 14.3. The van der Waals surface area contributed by atoms with Gasteiger partial charge in [0.2, 0.25) is 11.8 Å². The van der Waals surface area contributed by atoms with Gasteiger partial charge in [-0.1, -0.05) is 19.1 Å². The van der Waals surface area contributed by atoms with Crippen LogP contribution in [0.3, 0.4) is 0 Å². The lowest BCUT2D eigenvalue weighted by atomic mass is 9.85. The van der Waals surface area contributed by atoms with Crippen LogP contribution in [0.2, 0.25) is 0 Å². The molecule has 0 radical (unpaired) electrons. The van der Waals surface area contributed by atoms with Gasteiger partial charge in [-0.05, 0) is 60.7 Å². The summed E-state index contributed by atoms with van der Waals surface area (Å²) in [6.07, 6.45) is 4.13. The Balaban J connectivity index is 1.46. The van der Waals surface area contributed by atoms with Crippen LogP contribution < -0.4 is 10.6 Å². The van der Waals surface area contributed by atoms with Crippen LogP contribution in [0.15, 0.2) is 47.9 Å². The molecule has 0 spiro atoms. The number of hydrogen-bond donors (Lipinski definition) is 2. The molecule has 2 aliphatic rings. The Hall–Kier alpha value is -2.74. The first-order valence-electron chi connectivity index (χ1n) is 9.55. The zero-order chi connectivity index (χ0) is 20.5. The lowest BCUT2D eigenvalue weighted by Gasteiger charge is -2.28. The number of nitroso groups, excluding NO2 is 1. The van der Waals surface area contributed by atoms with Gasteiger partial charge >= 0.3 is 5.50 Å². The monoisotopic (exact) mass is 414 g/mol. The summed E-state index contributed by atoms with van der Waals surface area (Å²) in [4.78, 5) is 37.8. The molecule has 1 aliphatic carbocycles. The molecule has 1 saturated carbocycles. The lowest BCUT2D eigenvalue weighted by molar-refractivity contribution is -0.480. The van der Waals surface area contributed by atoms with Crippen molar-refractivity contribution in [1.82, 2.24) is 10.6 Å². The van der Waals surface area contributed by atoms with E-state index in [0.29, 0.717) is 17.5 Å². The van der Waals surface area contributed by atoms with Crippen molar-refractivity contribution in [2.24, 2.45) is 5.92 Å². The van der Waals surface area contributed by atoms with E-state index in [2.05, 4.69) is 17.2 Å². The van der Waals surface area contributed by atoms with Crippen molar-refractivity contribution in [2.75, 3.05) is 0 Å². The maximum Gasteiger partial charge on any atom is 0.335 e. The van der Waals surface area contributed by atoms with Gasteiger partial charge in [-0.2, -0.15) is 0 Å². The van der Waals surface area contributed by atoms with Crippen LogP contribution >= 0.6 is 11.8 Å². The Kier molecular flexibility index (Phi) is 5.36. The molecule has 2 aromatic rings. The summed E-state index contributed by atoms with van der Waals surface area (Å²) in [5.74, 6) is -1.03. The quantitative estimate of drug-likeness (QED) is 0.590. The molecule has 0 saturated heterocycles. The van der Waals surface area contributed by atoms with Crippen LogP contribution in [0, 0.1) is 16.6 Å². The van der Waals surface area contributed by atoms with Gasteiger partial charge < -0.3 is 5.32 Å². The number of carbonyl (C=O) groups is 2. The molecule has 150 valence electrons. The number of nitrogens with one attached hydrogen (secondary N) is 2. The van der Waals surface area contributed by atoms with Crippen LogP contribution in [0.4, 0.5) is 10.1 Å². The predicted molar refractivity (Wildman–Crippen MR) is 109 cm³/mol. The van der Waals surface area contributed by atoms with Crippen molar-refractivity contribution in [3.63, 3.8) is 0 Å². The van der Waals surface area contributed by atoms with Crippen LogP contribution in [0.5, 0.6) is 0 Å². The normalized spacial score (nSPS) is 23.5. The first-order chi connectivity index (χ1) is 14.0. The van der Waals surface area contributed by atoms with Gasteiger partial charge in [0, 0.05) is 28.3 Å². The highest BCUT2D eigenvalue weighted by molar-refractivity contribution is 8.00. The Morgan fingerprint density at radius 2 is 2.03 bits per heavy atom. The molecule has 4 rings (SSSR count). The van der Waals surface area contributed by atoms with E-state index in [-0.39, 0.29) is 29.6 Å². The fourth-order valence-electron chi connectivity index (χ4n) is 3.99. The molecular weight excluding hydrogens is 393 g/mol. The third-order valence-corrected chi connectivity index (χ3v) is 6.63. The van der Waals surface area contributed by atoms with E-state index in [0.717, 1.165) is 34.3 Å². The number of hydrogen-bond acceptors (Lipinski definition) is 4. The van der Waals surface area contributed by atoms with Crippen molar-refractivity contribution in [3.8, 4) is 0 Å². The van der Waals surface area contributed by atoms with Crippen molar-refractivity contribution in [2.45, 2.75) is 42.1 Å². The summed E-state index contributed by atoms with van der Waals surface area (Å²) in [6, 6.07) is 7.75. The third kappa shape index (κ3) is 3.89. The maximum atomic E-state index is 13.5. The molecule has 1 aliphatic heterocycles. The van der Waals surface area contributed by atoms with E-state index in [1.54, 1.807) is 18.2 Å². The summed E-state index contributed by atoms with van der Waals surface area (Å²) >= 11 is 1.26. The zero-order valence-corrected chi connectivity index (χ0v) is 16.5. The number of benzene rings is 2. The minimum absolute atomic E-state index is 0.0689. The standard InChI is InChI=1S/C21H20FN3O3S/c1-2-18(26)23-15-5-3-4-13(11-15)20(27)24-21-25(28)17-9-6-12-10-14(22)7-8-16(12)19(17)29-21/h2,6-10,13,15,21H,1,3-5,11H2,(H-,23,24,26,27)/p+1/t13-,15+,21?/m1/s1. The molecule has 0 bridgehead atoms.